The van der Waals surface area contributed by atoms with Gasteiger partial charge in [0.25, 0.3) is 0 Å². The van der Waals surface area contributed by atoms with E-state index >= 15 is 0 Å². The number of hydrogen-bond acceptors (Lipinski definition) is 7. The Morgan fingerprint density at radius 2 is 2.10 bits per heavy atom. The van der Waals surface area contributed by atoms with Gasteiger partial charge in [-0.1, -0.05) is 0 Å². The minimum absolute atomic E-state index is 0.00143. The predicted octanol–water partition coefficient (Wildman–Crippen LogP) is 3.01. The first-order chi connectivity index (χ1) is 9.58. The summed E-state index contributed by atoms with van der Waals surface area (Å²) in [6.45, 7) is 3.84. The van der Waals surface area contributed by atoms with Crippen molar-refractivity contribution in [2.45, 2.75) is 30.1 Å². The fourth-order valence-electron chi connectivity index (χ4n) is 1.29. The molecule has 0 amide bonds. The normalized spacial score (nSPS) is 10.7. The number of nitrogens with zero attached hydrogens (tertiary/aromatic N) is 4. The molecule has 0 aliphatic carbocycles. The molecule has 0 spiro atoms. The average Bonchev–Trinajstić information content (AvgIpc) is 2.40. The second kappa shape index (κ2) is 6.85. The molecule has 2 aromatic heterocycles. The van der Waals surface area contributed by atoms with Crippen LogP contribution in [0.4, 0.5) is 5.95 Å². The number of ether oxygens (including phenoxy) is 1. The third-order valence-electron chi connectivity index (χ3n) is 2.07. The molecule has 2 rings (SSSR count). The van der Waals surface area contributed by atoms with Crippen LogP contribution in [0, 0.1) is 0 Å². The summed E-state index contributed by atoms with van der Waals surface area (Å²) in [7, 11) is 1.75. The molecule has 0 bridgehead atoms. The van der Waals surface area contributed by atoms with Crippen LogP contribution in [0.1, 0.15) is 13.8 Å². The fraction of sp³-hybridized carbons (Fsp3) is 0.333. The number of anilines is 1. The maximum absolute atomic E-state index is 5.52. The van der Waals surface area contributed by atoms with Gasteiger partial charge in [0.2, 0.25) is 11.1 Å². The quantitative estimate of drug-likeness (QED) is 0.883. The SMILES string of the molecule is CNc1nc(OC(C)C)nc(Sc2ncccc2Br)n1. The lowest BCUT2D eigenvalue weighted by Crippen LogP contribution is -2.11. The van der Waals surface area contributed by atoms with Gasteiger partial charge in [0.1, 0.15) is 5.03 Å². The summed E-state index contributed by atoms with van der Waals surface area (Å²) in [5.74, 6) is 0.463. The van der Waals surface area contributed by atoms with Gasteiger partial charge in [-0.25, -0.2) is 4.98 Å². The number of rotatable bonds is 5. The molecule has 20 heavy (non-hydrogen) atoms. The van der Waals surface area contributed by atoms with E-state index in [1.54, 1.807) is 13.2 Å². The van der Waals surface area contributed by atoms with E-state index in [0.29, 0.717) is 17.1 Å². The Morgan fingerprint density at radius 3 is 2.75 bits per heavy atom. The minimum atomic E-state index is 0.00143. The molecule has 8 heteroatoms. The van der Waals surface area contributed by atoms with Gasteiger partial charge in [-0.3, -0.25) is 0 Å². The van der Waals surface area contributed by atoms with E-state index in [-0.39, 0.29) is 6.10 Å². The van der Waals surface area contributed by atoms with Crippen molar-refractivity contribution in [3.63, 3.8) is 0 Å². The molecule has 0 fully saturated rings. The van der Waals surface area contributed by atoms with Crippen LogP contribution < -0.4 is 10.1 Å². The van der Waals surface area contributed by atoms with Crippen molar-refractivity contribution in [1.82, 2.24) is 19.9 Å². The van der Waals surface area contributed by atoms with Gasteiger partial charge in [-0.15, -0.1) is 0 Å². The van der Waals surface area contributed by atoms with E-state index in [0.717, 1.165) is 9.50 Å². The van der Waals surface area contributed by atoms with Crippen molar-refractivity contribution in [2.75, 3.05) is 12.4 Å². The molecular formula is C12H14BrN5OS. The van der Waals surface area contributed by atoms with Crippen LogP contribution in [0.15, 0.2) is 33.0 Å². The highest BCUT2D eigenvalue weighted by Crippen LogP contribution is 2.30. The molecule has 0 aliphatic rings. The molecule has 1 N–H and O–H groups in total. The molecule has 0 saturated carbocycles. The van der Waals surface area contributed by atoms with Crippen LogP contribution in [-0.4, -0.2) is 33.1 Å². The number of halogens is 1. The topological polar surface area (TPSA) is 72.8 Å². The number of nitrogens with one attached hydrogen (secondary N) is 1. The third kappa shape index (κ3) is 4.04. The first-order valence-corrected chi connectivity index (χ1v) is 7.58. The zero-order valence-electron chi connectivity index (χ0n) is 11.3. The first-order valence-electron chi connectivity index (χ1n) is 5.97. The third-order valence-corrected chi connectivity index (χ3v) is 3.86. The van der Waals surface area contributed by atoms with Crippen LogP contribution in [-0.2, 0) is 0 Å². The first kappa shape index (κ1) is 15.0. The van der Waals surface area contributed by atoms with E-state index in [1.165, 1.54) is 11.8 Å². The van der Waals surface area contributed by atoms with Crippen LogP contribution in [0.5, 0.6) is 6.01 Å². The highest BCUT2D eigenvalue weighted by Gasteiger charge is 2.11. The summed E-state index contributed by atoms with van der Waals surface area (Å²) >= 11 is 4.79. The highest BCUT2D eigenvalue weighted by molar-refractivity contribution is 9.10. The monoisotopic (exact) mass is 355 g/mol. The molecule has 0 aliphatic heterocycles. The molecule has 2 aromatic rings. The summed E-state index contributed by atoms with van der Waals surface area (Å²) < 4.78 is 6.41. The van der Waals surface area contributed by atoms with Crippen LogP contribution >= 0.6 is 27.7 Å². The Morgan fingerprint density at radius 1 is 1.30 bits per heavy atom. The molecule has 0 atom stereocenters. The van der Waals surface area contributed by atoms with Crippen molar-refractivity contribution in [2.24, 2.45) is 0 Å². The van der Waals surface area contributed by atoms with E-state index in [9.17, 15) is 0 Å². The standard InChI is InChI=1S/C12H14BrN5OS/c1-7(2)19-11-16-10(14-3)17-12(18-11)20-9-8(13)5-4-6-15-9/h4-7H,1-3H3,(H,14,16,17,18). The van der Waals surface area contributed by atoms with Gasteiger partial charge in [0.15, 0.2) is 0 Å². The molecule has 0 radical (unpaired) electrons. The Kier molecular flexibility index (Phi) is 5.13. The lowest BCUT2D eigenvalue weighted by atomic mass is 10.5. The van der Waals surface area contributed by atoms with Crippen molar-refractivity contribution in [1.29, 1.82) is 0 Å². The van der Waals surface area contributed by atoms with Crippen molar-refractivity contribution in [3.05, 3.63) is 22.8 Å². The Balaban J connectivity index is 2.29. The molecule has 0 saturated heterocycles. The number of aromatic nitrogens is 4. The summed E-state index contributed by atoms with van der Waals surface area (Å²) in [5.41, 5.74) is 0. The summed E-state index contributed by atoms with van der Waals surface area (Å²) in [6.07, 6.45) is 1.72. The molecule has 0 aromatic carbocycles. The lowest BCUT2D eigenvalue weighted by molar-refractivity contribution is 0.219. The minimum Gasteiger partial charge on any atom is -0.461 e. The molecule has 0 unspecified atom stereocenters. The second-order valence-corrected chi connectivity index (χ2v) is 5.84. The van der Waals surface area contributed by atoms with E-state index in [1.807, 2.05) is 26.0 Å². The largest absolute Gasteiger partial charge is 0.461 e. The maximum atomic E-state index is 5.52. The van der Waals surface area contributed by atoms with Crippen molar-refractivity contribution < 1.29 is 4.74 Å². The summed E-state index contributed by atoms with van der Waals surface area (Å²) in [4.78, 5) is 17.0. The zero-order valence-corrected chi connectivity index (χ0v) is 13.7. The van der Waals surface area contributed by atoms with Crippen molar-refractivity contribution in [3.8, 4) is 6.01 Å². The van der Waals surface area contributed by atoms with Crippen LogP contribution in [0.3, 0.4) is 0 Å². The summed E-state index contributed by atoms with van der Waals surface area (Å²) in [6, 6.07) is 4.07. The number of hydrogen-bond donors (Lipinski definition) is 1. The van der Waals surface area contributed by atoms with Gasteiger partial charge in [0.05, 0.1) is 10.6 Å². The highest BCUT2D eigenvalue weighted by atomic mass is 79.9. The van der Waals surface area contributed by atoms with Crippen LogP contribution in [0.2, 0.25) is 0 Å². The van der Waals surface area contributed by atoms with E-state index in [4.69, 9.17) is 4.74 Å². The van der Waals surface area contributed by atoms with Crippen LogP contribution in [0.25, 0.3) is 0 Å². The molecule has 2 heterocycles. The van der Waals surface area contributed by atoms with Gasteiger partial charge >= 0.3 is 6.01 Å². The number of pyridine rings is 1. The summed E-state index contributed by atoms with van der Waals surface area (Å²) in [5, 5.41) is 4.21. The van der Waals surface area contributed by atoms with Gasteiger partial charge in [0, 0.05) is 13.2 Å². The molecular weight excluding hydrogens is 342 g/mol. The predicted molar refractivity (Wildman–Crippen MR) is 81.2 cm³/mol. The lowest BCUT2D eigenvalue weighted by Gasteiger charge is -2.10. The molecule has 6 nitrogen and oxygen atoms in total. The van der Waals surface area contributed by atoms with Gasteiger partial charge in [-0.2, -0.15) is 15.0 Å². The Labute approximate surface area is 129 Å². The smallest absolute Gasteiger partial charge is 0.322 e. The Hall–Kier alpha value is -1.41. The Bertz CT molecular complexity index is 596. The fourth-order valence-corrected chi connectivity index (χ4v) is 2.50. The zero-order chi connectivity index (χ0) is 14.5. The maximum Gasteiger partial charge on any atom is 0.322 e. The van der Waals surface area contributed by atoms with Gasteiger partial charge in [-0.05, 0) is 53.7 Å². The second-order valence-electron chi connectivity index (χ2n) is 4.03. The van der Waals surface area contributed by atoms with E-state index in [2.05, 4.69) is 41.2 Å². The van der Waals surface area contributed by atoms with Crippen molar-refractivity contribution >= 4 is 33.6 Å². The van der Waals surface area contributed by atoms with Gasteiger partial charge < -0.3 is 10.1 Å². The average molecular weight is 356 g/mol. The van der Waals surface area contributed by atoms with E-state index < -0.39 is 0 Å². The molecule has 106 valence electrons.